The van der Waals surface area contributed by atoms with Gasteiger partial charge in [-0.2, -0.15) is 0 Å². The van der Waals surface area contributed by atoms with Crippen LogP contribution in [0.25, 0.3) is 10.9 Å². The topological polar surface area (TPSA) is 34.9 Å². The molecule has 0 saturated carbocycles. The van der Waals surface area contributed by atoms with Gasteiger partial charge in [0.2, 0.25) is 0 Å². The molecule has 2 heterocycles. The third kappa shape index (κ3) is 3.93. The molecule has 7 heteroatoms. The van der Waals surface area contributed by atoms with Gasteiger partial charge in [0.25, 0.3) is 5.56 Å². The molecule has 0 aliphatic rings. The summed E-state index contributed by atoms with van der Waals surface area (Å²) in [5.74, 6) is 0.126. The van der Waals surface area contributed by atoms with E-state index < -0.39 is 0 Å². The monoisotopic (exact) mass is 416 g/mol. The maximum Gasteiger partial charge on any atom is 0.262 e. The minimum Gasteiger partial charge on any atom is -0.282 e. The van der Waals surface area contributed by atoms with Crippen LogP contribution < -0.4 is 5.56 Å². The number of aromatic nitrogens is 2. The number of rotatable bonds is 5. The maximum atomic E-state index is 13.3. The first-order valence-corrected chi connectivity index (χ1v) is 10.4. The van der Waals surface area contributed by atoms with Gasteiger partial charge in [0, 0.05) is 15.7 Å². The Bertz CT molecular complexity index is 1160. The standard InChI is InChI=1S/C20H14ClFN2OS2/c21-17-10-14(22)8-7-13(17)12-27-20-23-18-6-2-1-5-16(18)19(25)24(20)11-15-4-3-9-26-15/h1-10H,11-12H2. The first-order valence-electron chi connectivity index (χ1n) is 8.20. The lowest BCUT2D eigenvalue weighted by Gasteiger charge is -2.13. The van der Waals surface area contributed by atoms with E-state index in [9.17, 15) is 9.18 Å². The van der Waals surface area contributed by atoms with Crippen LogP contribution in [-0.4, -0.2) is 9.55 Å². The van der Waals surface area contributed by atoms with Crippen molar-refractivity contribution in [3.8, 4) is 0 Å². The van der Waals surface area contributed by atoms with Gasteiger partial charge in [0.05, 0.1) is 17.4 Å². The fourth-order valence-corrected chi connectivity index (χ4v) is 4.75. The molecule has 0 aliphatic heterocycles. The van der Waals surface area contributed by atoms with Crippen molar-refractivity contribution >= 4 is 45.6 Å². The molecule has 4 aromatic rings. The van der Waals surface area contributed by atoms with Gasteiger partial charge in [-0.15, -0.1) is 11.3 Å². The van der Waals surface area contributed by atoms with E-state index in [0.717, 1.165) is 10.4 Å². The zero-order valence-electron chi connectivity index (χ0n) is 14.1. The lowest BCUT2D eigenvalue weighted by atomic mass is 10.2. The summed E-state index contributed by atoms with van der Waals surface area (Å²) in [5.41, 5.74) is 1.40. The summed E-state index contributed by atoms with van der Waals surface area (Å²) in [7, 11) is 0. The number of hydrogen-bond acceptors (Lipinski definition) is 4. The average Bonchev–Trinajstić information content (AvgIpc) is 3.17. The van der Waals surface area contributed by atoms with Crippen molar-refractivity contribution in [2.75, 3.05) is 0 Å². The molecular weight excluding hydrogens is 403 g/mol. The highest BCUT2D eigenvalue weighted by Gasteiger charge is 2.13. The van der Waals surface area contributed by atoms with Crippen molar-refractivity contribution in [2.24, 2.45) is 0 Å². The summed E-state index contributed by atoms with van der Waals surface area (Å²) < 4.78 is 15.0. The number of nitrogens with zero attached hydrogens (tertiary/aromatic N) is 2. The molecular formula is C20H14ClFN2OS2. The predicted molar refractivity (Wildman–Crippen MR) is 110 cm³/mol. The highest BCUT2D eigenvalue weighted by atomic mass is 35.5. The Labute approximate surface area is 168 Å². The van der Waals surface area contributed by atoms with Crippen molar-refractivity contribution in [3.05, 3.63) is 91.6 Å². The van der Waals surface area contributed by atoms with Gasteiger partial charge in [0.15, 0.2) is 5.16 Å². The van der Waals surface area contributed by atoms with E-state index in [1.807, 2.05) is 35.7 Å². The lowest BCUT2D eigenvalue weighted by molar-refractivity contribution is 0.627. The molecule has 0 saturated heterocycles. The van der Waals surface area contributed by atoms with Gasteiger partial charge in [-0.05, 0) is 41.3 Å². The van der Waals surface area contributed by atoms with Crippen LogP contribution in [0.1, 0.15) is 10.4 Å². The summed E-state index contributed by atoms with van der Waals surface area (Å²) in [6.07, 6.45) is 0. The lowest BCUT2D eigenvalue weighted by Crippen LogP contribution is -2.23. The molecule has 0 spiro atoms. The second-order valence-corrected chi connectivity index (χ2v) is 8.29. The molecule has 0 fully saturated rings. The van der Waals surface area contributed by atoms with Gasteiger partial charge in [0.1, 0.15) is 5.82 Å². The molecule has 0 atom stereocenters. The average molecular weight is 417 g/mol. The van der Waals surface area contributed by atoms with Crippen LogP contribution in [-0.2, 0) is 12.3 Å². The first-order chi connectivity index (χ1) is 13.1. The van der Waals surface area contributed by atoms with Crippen LogP contribution in [0.2, 0.25) is 5.02 Å². The Morgan fingerprint density at radius 3 is 2.78 bits per heavy atom. The van der Waals surface area contributed by atoms with E-state index in [2.05, 4.69) is 0 Å². The SMILES string of the molecule is O=c1c2ccccc2nc(SCc2ccc(F)cc2Cl)n1Cc1cccs1. The summed E-state index contributed by atoms with van der Waals surface area (Å²) in [6, 6.07) is 15.6. The van der Waals surface area contributed by atoms with E-state index in [4.69, 9.17) is 16.6 Å². The van der Waals surface area contributed by atoms with Crippen LogP contribution in [0.15, 0.2) is 69.9 Å². The van der Waals surface area contributed by atoms with Crippen LogP contribution >= 0.6 is 34.7 Å². The summed E-state index contributed by atoms with van der Waals surface area (Å²) in [6.45, 7) is 0.466. The molecule has 0 bridgehead atoms. The highest BCUT2D eigenvalue weighted by molar-refractivity contribution is 7.98. The van der Waals surface area contributed by atoms with Crippen molar-refractivity contribution in [1.29, 1.82) is 0 Å². The number of benzene rings is 2. The van der Waals surface area contributed by atoms with E-state index in [-0.39, 0.29) is 11.4 Å². The van der Waals surface area contributed by atoms with Crippen LogP contribution in [0.5, 0.6) is 0 Å². The number of halogens is 2. The van der Waals surface area contributed by atoms with Gasteiger partial charge in [-0.3, -0.25) is 9.36 Å². The highest BCUT2D eigenvalue weighted by Crippen LogP contribution is 2.27. The molecule has 0 aliphatic carbocycles. The van der Waals surface area contributed by atoms with Crippen molar-refractivity contribution in [1.82, 2.24) is 9.55 Å². The Hall–Kier alpha value is -2.15. The van der Waals surface area contributed by atoms with E-state index >= 15 is 0 Å². The third-order valence-electron chi connectivity index (χ3n) is 4.09. The van der Waals surface area contributed by atoms with Crippen LogP contribution in [0.3, 0.4) is 0 Å². The van der Waals surface area contributed by atoms with E-state index in [0.29, 0.717) is 33.4 Å². The van der Waals surface area contributed by atoms with Crippen LogP contribution in [0, 0.1) is 5.82 Å². The van der Waals surface area contributed by atoms with E-state index in [1.54, 1.807) is 28.0 Å². The molecule has 0 radical (unpaired) electrons. The van der Waals surface area contributed by atoms with Crippen LogP contribution in [0.4, 0.5) is 4.39 Å². The Morgan fingerprint density at radius 1 is 1.15 bits per heavy atom. The summed E-state index contributed by atoms with van der Waals surface area (Å²) >= 11 is 9.16. The molecule has 2 aromatic heterocycles. The normalized spacial score (nSPS) is 11.2. The quantitative estimate of drug-likeness (QED) is 0.314. The van der Waals surface area contributed by atoms with Gasteiger partial charge < -0.3 is 0 Å². The van der Waals surface area contributed by atoms with E-state index in [1.165, 1.54) is 23.9 Å². The largest absolute Gasteiger partial charge is 0.282 e. The molecule has 0 N–H and O–H groups in total. The molecule has 0 unspecified atom stereocenters. The molecule has 27 heavy (non-hydrogen) atoms. The Kier molecular flexibility index (Phi) is 5.29. The second kappa shape index (κ2) is 7.84. The summed E-state index contributed by atoms with van der Waals surface area (Å²) in [4.78, 5) is 18.8. The fraction of sp³-hybridized carbons (Fsp3) is 0.100. The number of hydrogen-bond donors (Lipinski definition) is 0. The Morgan fingerprint density at radius 2 is 2.00 bits per heavy atom. The number of thiophene rings is 1. The zero-order chi connectivity index (χ0) is 18.8. The third-order valence-corrected chi connectivity index (χ3v) is 6.33. The Balaban J connectivity index is 1.74. The molecule has 136 valence electrons. The zero-order valence-corrected chi connectivity index (χ0v) is 16.5. The van der Waals surface area contributed by atoms with Gasteiger partial charge >= 0.3 is 0 Å². The number of thioether (sulfide) groups is 1. The number of para-hydroxylation sites is 1. The smallest absolute Gasteiger partial charge is 0.262 e. The predicted octanol–water partition coefficient (Wildman–Crippen LogP) is 5.59. The van der Waals surface area contributed by atoms with Crippen molar-refractivity contribution in [3.63, 3.8) is 0 Å². The number of fused-ring (bicyclic) bond motifs is 1. The second-order valence-electron chi connectivity index (χ2n) is 5.91. The first kappa shape index (κ1) is 18.2. The molecule has 3 nitrogen and oxygen atoms in total. The van der Waals surface area contributed by atoms with Crippen molar-refractivity contribution < 1.29 is 4.39 Å². The molecule has 0 amide bonds. The molecule has 4 rings (SSSR count). The molecule has 2 aromatic carbocycles. The summed E-state index contributed by atoms with van der Waals surface area (Å²) in [5, 5.41) is 3.57. The van der Waals surface area contributed by atoms with Crippen molar-refractivity contribution in [2.45, 2.75) is 17.5 Å². The minimum atomic E-state index is -0.368. The fourth-order valence-electron chi connectivity index (χ4n) is 2.74. The van der Waals surface area contributed by atoms with Gasteiger partial charge in [-0.25, -0.2) is 9.37 Å². The minimum absolute atomic E-state index is 0.0679. The van der Waals surface area contributed by atoms with Gasteiger partial charge in [-0.1, -0.05) is 47.6 Å². The maximum absolute atomic E-state index is 13.3.